The van der Waals surface area contributed by atoms with Crippen molar-refractivity contribution in [3.63, 3.8) is 0 Å². The minimum Gasteiger partial charge on any atom is -0.300 e. The fourth-order valence-corrected chi connectivity index (χ4v) is 2.65. The molecule has 1 aliphatic rings. The minimum atomic E-state index is -4.50. The molecule has 0 saturated carbocycles. The fourth-order valence-electron chi connectivity index (χ4n) is 2.65. The zero-order chi connectivity index (χ0) is 16.3. The highest BCUT2D eigenvalue weighted by molar-refractivity contribution is 5.26. The lowest BCUT2D eigenvalue weighted by molar-refractivity contribution is -0.137. The molecule has 0 unspecified atom stereocenters. The predicted octanol–water partition coefficient (Wildman–Crippen LogP) is 3.58. The molecule has 1 fully saturated rings. The van der Waals surface area contributed by atoms with E-state index in [0.717, 1.165) is 38.8 Å². The van der Waals surface area contributed by atoms with Gasteiger partial charge in [0, 0.05) is 44.8 Å². The van der Waals surface area contributed by atoms with E-state index in [2.05, 4.69) is 23.6 Å². The molecule has 1 radical (unpaired) electrons. The van der Waals surface area contributed by atoms with Gasteiger partial charge in [-0.3, -0.25) is 4.90 Å². The van der Waals surface area contributed by atoms with Crippen LogP contribution in [0.4, 0.5) is 17.6 Å². The van der Waals surface area contributed by atoms with Crippen LogP contribution in [0.2, 0.25) is 0 Å². The van der Waals surface area contributed by atoms with Gasteiger partial charge in [0.05, 0.1) is 5.56 Å². The first-order chi connectivity index (χ1) is 10.3. The molecule has 1 heterocycles. The molecule has 0 aromatic heterocycles. The number of benzene rings is 1. The monoisotopic (exact) mass is 317 g/mol. The minimum absolute atomic E-state index is 0.319. The van der Waals surface area contributed by atoms with E-state index in [1.165, 1.54) is 12.0 Å². The van der Waals surface area contributed by atoms with Crippen molar-refractivity contribution in [3.8, 4) is 0 Å². The molecule has 0 bridgehead atoms. The van der Waals surface area contributed by atoms with Gasteiger partial charge >= 0.3 is 6.18 Å². The van der Waals surface area contributed by atoms with Crippen LogP contribution in [0.3, 0.4) is 0 Å². The van der Waals surface area contributed by atoms with E-state index in [-0.39, 0.29) is 0 Å². The zero-order valence-corrected chi connectivity index (χ0v) is 12.9. The maximum atomic E-state index is 13.8. The molecule has 6 heteroatoms. The van der Waals surface area contributed by atoms with Gasteiger partial charge in [0.2, 0.25) is 0 Å². The molecular formula is C16H21F4N2. The number of hydrogen-bond donors (Lipinski definition) is 0. The van der Waals surface area contributed by atoms with Crippen LogP contribution in [0.1, 0.15) is 25.0 Å². The Labute approximate surface area is 128 Å². The van der Waals surface area contributed by atoms with Crippen LogP contribution in [0, 0.1) is 11.7 Å². The van der Waals surface area contributed by atoms with Crippen molar-refractivity contribution in [2.24, 2.45) is 0 Å². The number of nitrogens with zero attached hydrogens (tertiary/aromatic N) is 2. The summed E-state index contributed by atoms with van der Waals surface area (Å²) in [5.74, 6) is 0.567. The first kappa shape index (κ1) is 17.2. The Morgan fingerprint density at radius 3 is 2.14 bits per heavy atom. The average Bonchev–Trinajstić information content (AvgIpc) is 2.41. The summed E-state index contributed by atoms with van der Waals surface area (Å²) in [6, 6.07) is 2.78. The summed E-state index contributed by atoms with van der Waals surface area (Å²) in [5, 5.41) is 0. The van der Waals surface area contributed by atoms with Crippen LogP contribution in [0.5, 0.6) is 0 Å². The second-order valence-electron chi connectivity index (χ2n) is 6.06. The lowest BCUT2D eigenvalue weighted by Crippen LogP contribution is -2.46. The van der Waals surface area contributed by atoms with Gasteiger partial charge in [-0.25, -0.2) is 4.39 Å². The predicted molar refractivity (Wildman–Crippen MR) is 77.7 cm³/mol. The number of rotatable bonds is 4. The number of hydrogen-bond acceptors (Lipinski definition) is 2. The summed E-state index contributed by atoms with van der Waals surface area (Å²) in [6.07, 6.45) is -4.50. The second kappa shape index (κ2) is 6.96. The molecule has 1 aromatic carbocycles. The first-order valence-corrected chi connectivity index (χ1v) is 7.35. The van der Waals surface area contributed by atoms with E-state index in [1.807, 2.05) is 0 Å². The third kappa shape index (κ3) is 4.68. The van der Waals surface area contributed by atoms with Crippen molar-refractivity contribution in [2.75, 3.05) is 32.7 Å². The van der Waals surface area contributed by atoms with E-state index in [4.69, 9.17) is 0 Å². The fraction of sp³-hybridized carbons (Fsp3) is 0.562. The lowest BCUT2D eigenvalue weighted by Gasteiger charge is -2.35. The van der Waals surface area contributed by atoms with Gasteiger partial charge < -0.3 is 4.90 Å². The van der Waals surface area contributed by atoms with Crippen LogP contribution in [0.15, 0.2) is 18.2 Å². The second-order valence-corrected chi connectivity index (χ2v) is 6.06. The summed E-state index contributed by atoms with van der Waals surface area (Å²) in [7, 11) is 0. The Morgan fingerprint density at radius 1 is 1.05 bits per heavy atom. The van der Waals surface area contributed by atoms with Crippen molar-refractivity contribution >= 4 is 0 Å². The molecule has 0 N–H and O–H groups in total. The van der Waals surface area contributed by atoms with Crippen LogP contribution < -0.4 is 0 Å². The molecule has 1 saturated heterocycles. The summed E-state index contributed by atoms with van der Waals surface area (Å²) in [4.78, 5) is 4.40. The zero-order valence-electron chi connectivity index (χ0n) is 12.9. The van der Waals surface area contributed by atoms with Crippen LogP contribution in [-0.4, -0.2) is 42.5 Å². The van der Waals surface area contributed by atoms with Crippen molar-refractivity contribution in [1.29, 1.82) is 0 Å². The maximum absolute atomic E-state index is 13.8. The Balaban J connectivity index is 1.92. The van der Waals surface area contributed by atoms with E-state index >= 15 is 0 Å². The van der Waals surface area contributed by atoms with E-state index in [9.17, 15) is 17.6 Å². The summed E-state index contributed by atoms with van der Waals surface area (Å²) >= 11 is 0. The van der Waals surface area contributed by atoms with Crippen molar-refractivity contribution in [2.45, 2.75) is 26.6 Å². The SMILES string of the molecule is C[C](C)CN1CCN(Cc2ccc(C(F)(F)F)cc2F)CC1. The van der Waals surface area contributed by atoms with Gasteiger partial charge in [0.15, 0.2) is 0 Å². The smallest absolute Gasteiger partial charge is 0.300 e. The van der Waals surface area contributed by atoms with Gasteiger partial charge in [-0.15, -0.1) is 0 Å². The maximum Gasteiger partial charge on any atom is 0.416 e. The third-order valence-corrected chi connectivity index (χ3v) is 3.78. The Morgan fingerprint density at radius 2 is 1.64 bits per heavy atom. The van der Waals surface area contributed by atoms with Crippen molar-refractivity contribution < 1.29 is 17.6 Å². The topological polar surface area (TPSA) is 6.48 Å². The molecule has 0 amide bonds. The van der Waals surface area contributed by atoms with E-state index in [0.29, 0.717) is 18.2 Å². The van der Waals surface area contributed by atoms with Crippen molar-refractivity contribution in [3.05, 3.63) is 41.1 Å². The Bertz CT molecular complexity index is 491. The highest BCUT2D eigenvalue weighted by atomic mass is 19.4. The number of piperazine rings is 1. The first-order valence-electron chi connectivity index (χ1n) is 7.35. The van der Waals surface area contributed by atoms with Crippen LogP contribution in [-0.2, 0) is 12.7 Å². The number of halogens is 4. The molecule has 2 rings (SSSR count). The van der Waals surface area contributed by atoms with Crippen LogP contribution >= 0.6 is 0 Å². The van der Waals surface area contributed by atoms with E-state index in [1.54, 1.807) is 0 Å². The number of alkyl halides is 3. The summed E-state index contributed by atoms with van der Waals surface area (Å²) in [6.45, 7) is 8.88. The molecule has 0 aliphatic carbocycles. The molecule has 22 heavy (non-hydrogen) atoms. The molecule has 0 atom stereocenters. The Hall–Kier alpha value is -1.14. The van der Waals surface area contributed by atoms with Crippen LogP contribution in [0.25, 0.3) is 0 Å². The Kier molecular flexibility index (Phi) is 5.45. The third-order valence-electron chi connectivity index (χ3n) is 3.78. The van der Waals surface area contributed by atoms with Crippen molar-refractivity contribution in [1.82, 2.24) is 9.80 Å². The summed E-state index contributed by atoms with van der Waals surface area (Å²) < 4.78 is 51.4. The quantitative estimate of drug-likeness (QED) is 0.783. The van der Waals surface area contributed by atoms with Gasteiger partial charge in [0.1, 0.15) is 5.82 Å². The highest BCUT2D eigenvalue weighted by Gasteiger charge is 2.31. The molecule has 123 valence electrons. The average molecular weight is 317 g/mol. The molecule has 1 aromatic rings. The van der Waals surface area contributed by atoms with Gasteiger partial charge in [-0.1, -0.05) is 19.9 Å². The molecule has 0 spiro atoms. The van der Waals surface area contributed by atoms with E-state index < -0.39 is 17.6 Å². The standard InChI is InChI=1S/C16H21F4N2/c1-12(2)10-21-5-7-22(8-6-21)11-13-3-4-14(9-15(13)17)16(18,19)20/h3-4,9H,5-8,10-11H2,1-2H3. The summed E-state index contributed by atoms with van der Waals surface area (Å²) in [5.41, 5.74) is -0.618. The lowest BCUT2D eigenvalue weighted by atomic mass is 10.1. The molecular weight excluding hydrogens is 296 g/mol. The highest BCUT2D eigenvalue weighted by Crippen LogP contribution is 2.30. The molecule has 1 aliphatic heterocycles. The van der Waals surface area contributed by atoms with Gasteiger partial charge in [-0.05, 0) is 18.1 Å². The largest absolute Gasteiger partial charge is 0.416 e. The molecule has 2 nitrogen and oxygen atoms in total. The van der Waals surface area contributed by atoms with Gasteiger partial charge in [0.25, 0.3) is 0 Å². The van der Waals surface area contributed by atoms with Gasteiger partial charge in [-0.2, -0.15) is 13.2 Å². The normalized spacial score (nSPS) is 18.1.